The lowest BCUT2D eigenvalue weighted by atomic mass is 9.82. The van der Waals surface area contributed by atoms with Gasteiger partial charge in [0.25, 0.3) is 0 Å². The normalized spacial score (nSPS) is 12.7. The second-order valence-corrected chi connectivity index (χ2v) is 8.03. The number of alkyl carbamates (subject to hydrolysis) is 1. The molecule has 0 radical (unpaired) electrons. The fourth-order valence-electron chi connectivity index (χ4n) is 1.68. The lowest BCUT2D eigenvalue weighted by molar-refractivity contribution is -0.0893. The first-order chi connectivity index (χ1) is 10.8. The molecular formula is C18H30BNO4. The highest BCUT2D eigenvalue weighted by Crippen LogP contribution is 2.24. The Morgan fingerprint density at radius 3 is 2.08 bits per heavy atom. The first kappa shape index (κ1) is 20.5. The molecule has 1 amide bonds. The van der Waals surface area contributed by atoms with Gasteiger partial charge in [0.1, 0.15) is 5.60 Å². The van der Waals surface area contributed by atoms with Gasteiger partial charge in [-0.05, 0) is 54.0 Å². The van der Waals surface area contributed by atoms with Crippen molar-refractivity contribution in [1.82, 2.24) is 5.32 Å². The predicted octanol–water partition coefficient (Wildman–Crippen LogP) is 2.25. The highest BCUT2D eigenvalue weighted by Gasteiger charge is 2.35. The molecule has 1 rings (SSSR count). The summed E-state index contributed by atoms with van der Waals surface area (Å²) >= 11 is 0. The number of aliphatic hydroxyl groups is 1. The van der Waals surface area contributed by atoms with Crippen molar-refractivity contribution >= 4 is 19.0 Å². The van der Waals surface area contributed by atoms with Crippen molar-refractivity contribution in [1.29, 1.82) is 0 Å². The van der Waals surface area contributed by atoms with Crippen LogP contribution >= 0.6 is 0 Å². The van der Waals surface area contributed by atoms with Crippen LogP contribution in [0.3, 0.4) is 0 Å². The summed E-state index contributed by atoms with van der Waals surface area (Å²) in [4.78, 5) is 11.6. The fraction of sp³-hybridized carbons (Fsp3) is 0.611. The number of amides is 1. The van der Waals surface area contributed by atoms with Gasteiger partial charge < -0.3 is 19.8 Å². The Labute approximate surface area is 146 Å². The van der Waals surface area contributed by atoms with E-state index < -0.39 is 22.9 Å². The van der Waals surface area contributed by atoms with Crippen LogP contribution < -0.4 is 10.8 Å². The molecule has 1 aromatic carbocycles. The van der Waals surface area contributed by atoms with Gasteiger partial charge in [0.05, 0.1) is 11.2 Å². The van der Waals surface area contributed by atoms with E-state index in [2.05, 4.69) is 5.32 Å². The molecule has 0 saturated heterocycles. The maximum atomic E-state index is 11.6. The topological polar surface area (TPSA) is 67.8 Å². The third kappa shape index (κ3) is 6.93. The molecule has 0 aromatic heterocycles. The quantitative estimate of drug-likeness (QED) is 0.783. The number of benzene rings is 1. The lowest BCUT2D eigenvalue weighted by Crippen LogP contribution is -2.49. The van der Waals surface area contributed by atoms with E-state index >= 15 is 0 Å². The van der Waals surface area contributed by atoms with Gasteiger partial charge in [-0.1, -0.05) is 29.7 Å². The summed E-state index contributed by atoms with van der Waals surface area (Å²) in [6.45, 7) is 13.1. The number of carbonyl (C=O) groups excluding carboxylic acids is 1. The molecule has 0 fully saturated rings. The van der Waals surface area contributed by atoms with Gasteiger partial charge in [0.15, 0.2) is 0 Å². The molecule has 1 aromatic rings. The van der Waals surface area contributed by atoms with Crippen molar-refractivity contribution in [3.8, 4) is 0 Å². The van der Waals surface area contributed by atoms with Gasteiger partial charge in [-0.25, -0.2) is 4.79 Å². The number of hydrogen-bond acceptors (Lipinski definition) is 4. The SMILES string of the molecule is CC(C)(C)OC(=O)NCc1ccc(BOC(C)(C)C(C)(C)O)cc1. The number of hydrogen-bond donors (Lipinski definition) is 2. The molecule has 2 N–H and O–H groups in total. The second-order valence-electron chi connectivity index (χ2n) is 8.03. The van der Waals surface area contributed by atoms with Crippen molar-refractivity contribution < 1.29 is 19.3 Å². The first-order valence-corrected chi connectivity index (χ1v) is 8.21. The molecule has 134 valence electrons. The van der Waals surface area contributed by atoms with Crippen LogP contribution in [0.1, 0.15) is 54.0 Å². The molecule has 0 spiro atoms. The molecule has 0 aliphatic heterocycles. The summed E-state index contributed by atoms with van der Waals surface area (Å²) < 4.78 is 11.0. The van der Waals surface area contributed by atoms with E-state index in [-0.39, 0.29) is 0 Å². The molecule has 5 nitrogen and oxygen atoms in total. The van der Waals surface area contributed by atoms with Crippen LogP contribution in [0.2, 0.25) is 0 Å². The minimum atomic E-state index is -0.926. The molecule has 24 heavy (non-hydrogen) atoms. The maximum absolute atomic E-state index is 11.6. The number of carbonyl (C=O) groups is 1. The summed E-state index contributed by atoms with van der Waals surface area (Å²) in [7, 11) is 0.413. The van der Waals surface area contributed by atoms with Crippen LogP contribution in [-0.2, 0) is 15.9 Å². The molecule has 0 aliphatic carbocycles. The Morgan fingerprint density at radius 2 is 1.62 bits per heavy atom. The van der Waals surface area contributed by atoms with Crippen LogP contribution in [0.15, 0.2) is 24.3 Å². The molecule has 6 heteroatoms. The first-order valence-electron chi connectivity index (χ1n) is 8.21. The minimum Gasteiger partial charge on any atom is -0.444 e. The van der Waals surface area contributed by atoms with Crippen LogP contribution in [0, 0.1) is 0 Å². The third-order valence-electron chi connectivity index (χ3n) is 3.93. The van der Waals surface area contributed by atoms with E-state index in [1.165, 1.54) is 0 Å². The Hall–Kier alpha value is -1.53. The van der Waals surface area contributed by atoms with Crippen LogP contribution in [0.4, 0.5) is 4.79 Å². The van der Waals surface area contributed by atoms with Gasteiger partial charge in [0, 0.05) is 6.54 Å². The highest BCUT2D eigenvalue weighted by atomic mass is 16.6. The zero-order valence-corrected chi connectivity index (χ0v) is 15.9. The summed E-state index contributed by atoms with van der Waals surface area (Å²) in [6.07, 6.45) is -0.429. The summed E-state index contributed by atoms with van der Waals surface area (Å²) in [5.41, 5.74) is -0.0908. The van der Waals surface area contributed by atoms with Crippen LogP contribution in [-0.4, -0.2) is 35.5 Å². The van der Waals surface area contributed by atoms with E-state index in [1.807, 2.05) is 58.9 Å². The van der Waals surface area contributed by atoms with Gasteiger partial charge in [0.2, 0.25) is 0 Å². The molecule has 0 aliphatic rings. The summed E-state index contributed by atoms with van der Waals surface area (Å²) in [5, 5.41) is 12.8. The highest BCUT2D eigenvalue weighted by molar-refractivity contribution is 6.47. The average molecular weight is 335 g/mol. The molecule has 0 unspecified atom stereocenters. The van der Waals surface area contributed by atoms with Crippen molar-refractivity contribution in [2.24, 2.45) is 0 Å². The Morgan fingerprint density at radius 1 is 1.08 bits per heavy atom. The minimum absolute atomic E-state index is 0.408. The summed E-state index contributed by atoms with van der Waals surface area (Å²) in [5.74, 6) is 0. The van der Waals surface area contributed by atoms with Gasteiger partial charge >= 0.3 is 13.6 Å². The van der Waals surface area contributed by atoms with E-state index in [1.54, 1.807) is 13.8 Å². The third-order valence-corrected chi connectivity index (χ3v) is 3.93. The van der Waals surface area contributed by atoms with E-state index in [0.29, 0.717) is 14.0 Å². The summed E-state index contributed by atoms with van der Waals surface area (Å²) in [6, 6.07) is 7.78. The fourth-order valence-corrected chi connectivity index (χ4v) is 1.68. The molecule has 0 saturated carbocycles. The Kier molecular flexibility index (Phi) is 6.48. The molecule has 0 bridgehead atoms. The van der Waals surface area contributed by atoms with Crippen molar-refractivity contribution in [2.45, 2.75) is 71.8 Å². The Bertz CT molecular complexity index is 542. The van der Waals surface area contributed by atoms with Gasteiger partial charge in [-0.3, -0.25) is 0 Å². The van der Waals surface area contributed by atoms with Crippen molar-refractivity contribution in [3.05, 3.63) is 29.8 Å². The standard InChI is InChI=1S/C18H30BNO4/c1-16(2,3)23-15(21)20-12-13-8-10-14(11-9-13)19-24-18(6,7)17(4,5)22/h8-11,19,22H,12H2,1-7H3,(H,20,21). The Balaban J connectivity index is 2.51. The lowest BCUT2D eigenvalue weighted by Gasteiger charge is -2.37. The van der Waals surface area contributed by atoms with Crippen LogP contribution in [0.5, 0.6) is 0 Å². The molecule has 0 heterocycles. The van der Waals surface area contributed by atoms with Gasteiger partial charge in [-0.15, -0.1) is 0 Å². The molecule has 0 atom stereocenters. The number of nitrogens with one attached hydrogen (secondary N) is 1. The maximum Gasteiger partial charge on any atom is 0.407 e. The second kappa shape index (κ2) is 7.57. The smallest absolute Gasteiger partial charge is 0.407 e. The monoisotopic (exact) mass is 335 g/mol. The molecular weight excluding hydrogens is 305 g/mol. The predicted molar refractivity (Wildman–Crippen MR) is 97.8 cm³/mol. The van der Waals surface area contributed by atoms with E-state index in [0.717, 1.165) is 11.0 Å². The van der Waals surface area contributed by atoms with Crippen molar-refractivity contribution in [3.63, 3.8) is 0 Å². The van der Waals surface area contributed by atoms with Gasteiger partial charge in [-0.2, -0.15) is 0 Å². The van der Waals surface area contributed by atoms with E-state index in [9.17, 15) is 9.90 Å². The number of rotatable bonds is 6. The van der Waals surface area contributed by atoms with Crippen LogP contribution in [0.25, 0.3) is 0 Å². The van der Waals surface area contributed by atoms with E-state index in [4.69, 9.17) is 9.39 Å². The zero-order chi connectivity index (χ0) is 18.6. The largest absolute Gasteiger partial charge is 0.444 e. The van der Waals surface area contributed by atoms with Crippen molar-refractivity contribution in [2.75, 3.05) is 0 Å². The zero-order valence-electron chi connectivity index (χ0n) is 15.9. The average Bonchev–Trinajstić information content (AvgIpc) is 2.41. The number of ether oxygens (including phenoxy) is 1.